The Morgan fingerprint density at radius 3 is 2.33 bits per heavy atom. The maximum absolute atomic E-state index is 12.1. The van der Waals surface area contributed by atoms with Crippen LogP contribution in [-0.2, 0) is 6.42 Å². The number of rotatable bonds is 3. The molecule has 1 aromatic carbocycles. The number of hydrogen-bond donors (Lipinski definition) is 0. The summed E-state index contributed by atoms with van der Waals surface area (Å²) in [6, 6.07) is 9.49. The number of benzene rings is 1. The molecule has 0 bridgehead atoms. The van der Waals surface area contributed by atoms with Crippen LogP contribution < -0.4 is 0 Å². The van der Waals surface area contributed by atoms with Crippen molar-refractivity contribution in [3.8, 4) is 0 Å². The fraction of sp³-hybridized carbons (Fsp3) is 0.333. The number of aryl methyl sites for hydroxylation is 1. The van der Waals surface area contributed by atoms with E-state index in [2.05, 4.69) is 0 Å². The standard InChI is InChI=1S/C12H13F3/c1-10(12(13,14)15)6-5-9-11-7-3-2-4-8-11/h2-4,6-8H,5,9H2,1H3/b10-6+. The first-order chi connectivity index (χ1) is 7.00. The van der Waals surface area contributed by atoms with Crippen molar-refractivity contribution in [2.45, 2.75) is 25.9 Å². The van der Waals surface area contributed by atoms with Gasteiger partial charge in [-0.1, -0.05) is 36.4 Å². The zero-order valence-electron chi connectivity index (χ0n) is 8.51. The Hall–Kier alpha value is -1.25. The Morgan fingerprint density at radius 1 is 1.20 bits per heavy atom. The highest BCUT2D eigenvalue weighted by molar-refractivity contribution is 5.16. The number of halogens is 3. The van der Waals surface area contributed by atoms with Crippen molar-refractivity contribution in [3.63, 3.8) is 0 Å². The summed E-state index contributed by atoms with van der Waals surface area (Å²) in [5.74, 6) is 0. The van der Waals surface area contributed by atoms with Gasteiger partial charge in [0.1, 0.15) is 0 Å². The highest BCUT2D eigenvalue weighted by atomic mass is 19.4. The van der Waals surface area contributed by atoms with Crippen molar-refractivity contribution in [1.82, 2.24) is 0 Å². The number of hydrogen-bond acceptors (Lipinski definition) is 0. The van der Waals surface area contributed by atoms with Crippen LogP contribution in [0.3, 0.4) is 0 Å². The third-order valence-electron chi connectivity index (χ3n) is 2.17. The summed E-state index contributed by atoms with van der Waals surface area (Å²) in [6.07, 6.45) is -1.87. The van der Waals surface area contributed by atoms with Crippen LogP contribution in [-0.4, -0.2) is 6.18 Å². The van der Waals surface area contributed by atoms with Crippen LogP contribution in [0.2, 0.25) is 0 Å². The van der Waals surface area contributed by atoms with Gasteiger partial charge in [-0.25, -0.2) is 0 Å². The van der Waals surface area contributed by atoms with Crippen LogP contribution in [0.15, 0.2) is 42.0 Å². The Balaban J connectivity index is 2.46. The topological polar surface area (TPSA) is 0 Å². The van der Waals surface area contributed by atoms with Crippen LogP contribution in [0.25, 0.3) is 0 Å². The lowest BCUT2D eigenvalue weighted by molar-refractivity contribution is -0.0915. The van der Waals surface area contributed by atoms with E-state index in [4.69, 9.17) is 0 Å². The van der Waals surface area contributed by atoms with Gasteiger partial charge in [-0.15, -0.1) is 0 Å². The molecule has 0 spiro atoms. The SMILES string of the molecule is C/C(=C\CCc1ccccc1)C(F)(F)F. The maximum atomic E-state index is 12.1. The number of allylic oxidation sites excluding steroid dienone is 2. The van der Waals surface area contributed by atoms with Crippen molar-refractivity contribution < 1.29 is 13.2 Å². The van der Waals surface area contributed by atoms with E-state index in [-0.39, 0.29) is 0 Å². The van der Waals surface area contributed by atoms with Gasteiger partial charge in [-0.3, -0.25) is 0 Å². The summed E-state index contributed by atoms with van der Waals surface area (Å²) < 4.78 is 36.3. The second-order valence-corrected chi connectivity index (χ2v) is 3.41. The van der Waals surface area contributed by atoms with Crippen molar-refractivity contribution in [2.75, 3.05) is 0 Å². The molecule has 0 atom stereocenters. The Morgan fingerprint density at radius 2 is 1.80 bits per heavy atom. The largest absolute Gasteiger partial charge is 0.412 e. The van der Waals surface area contributed by atoms with Crippen LogP contribution >= 0.6 is 0 Å². The van der Waals surface area contributed by atoms with Crippen molar-refractivity contribution in [3.05, 3.63) is 47.5 Å². The Labute approximate surface area is 87.4 Å². The van der Waals surface area contributed by atoms with Crippen molar-refractivity contribution >= 4 is 0 Å². The van der Waals surface area contributed by atoms with Crippen molar-refractivity contribution in [2.24, 2.45) is 0 Å². The summed E-state index contributed by atoms with van der Waals surface area (Å²) in [4.78, 5) is 0. The minimum absolute atomic E-state index is 0.426. The highest BCUT2D eigenvalue weighted by Gasteiger charge is 2.29. The molecule has 1 rings (SSSR count). The Kier molecular flexibility index (Phi) is 3.95. The summed E-state index contributed by atoms with van der Waals surface area (Å²) >= 11 is 0. The van der Waals surface area contributed by atoms with Crippen LogP contribution in [0.1, 0.15) is 18.9 Å². The molecule has 1 aromatic rings. The lowest BCUT2D eigenvalue weighted by Crippen LogP contribution is -2.08. The van der Waals surface area contributed by atoms with E-state index in [1.807, 2.05) is 30.3 Å². The summed E-state index contributed by atoms with van der Waals surface area (Å²) in [7, 11) is 0. The highest BCUT2D eigenvalue weighted by Crippen LogP contribution is 2.25. The van der Waals surface area contributed by atoms with Crippen molar-refractivity contribution in [1.29, 1.82) is 0 Å². The lowest BCUT2D eigenvalue weighted by Gasteiger charge is -2.05. The zero-order valence-corrected chi connectivity index (χ0v) is 8.51. The molecule has 0 unspecified atom stereocenters. The van der Waals surface area contributed by atoms with E-state index in [1.165, 1.54) is 6.08 Å². The van der Waals surface area contributed by atoms with Crippen LogP contribution in [0, 0.1) is 0 Å². The molecule has 0 nitrogen and oxygen atoms in total. The molecule has 0 aliphatic carbocycles. The first-order valence-electron chi connectivity index (χ1n) is 4.78. The van der Waals surface area contributed by atoms with E-state index >= 15 is 0 Å². The van der Waals surface area contributed by atoms with Gasteiger partial charge in [0.05, 0.1) is 0 Å². The molecule has 15 heavy (non-hydrogen) atoms. The normalized spacial score (nSPS) is 12.9. The second kappa shape index (κ2) is 5.01. The molecule has 0 saturated heterocycles. The van der Waals surface area contributed by atoms with Gasteiger partial charge in [0.25, 0.3) is 0 Å². The molecule has 0 saturated carbocycles. The van der Waals surface area contributed by atoms with E-state index < -0.39 is 11.7 Å². The molecule has 0 fully saturated rings. The zero-order chi connectivity index (χ0) is 11.3. The molecule has 82 valence electrons. The quantitative estimate of drug-likeness (QED) is 0.664. The monoisotopic (exact) mass is 214 g/mol. The fourth-order valence-corrected chi connectivity index (χ4v) is 1.22. The first-order valence-corrected chi connectivity index (χ1v) is 4.78. The predicted octanol–water partition coefficient (Wildman–Crippen LogP) is 4.13. The minimum Gasteiger partial charge on any atom is -0.167 e. The third kappa shape index (κ3) is 4.19. The van der Waals surface area contributed by atoms with Gasteiger partial charge in [-0.05, 0) is 25.3 Å². The lowest BCUT2D eigenvalue weighted by atomic mass is 10.1. The second-order valence-electron chi connectivity index (χ2n) is 3.41. The predicted molar refractivity (Wildman–Crippen MR) is 54.6 cm³/mol. The van der Waals surface area contributed by atoms with E-state index in [9.17, 15) is 13.2 Å². The minimum atomic E-state index is -4.18. The van der Waals surface area contributed by atoms with Gasteiger partial charge in [0.15, 0.2) is 0 Å². The summed E-state index contributed by atoms with van der Waals surface area (Å²) in [6.45, 7) is 1.10. The van der Waals surface area contributed by atoms with Gasteiger partial charge in [0, 0.05) is 5.57 Å². The summed E-state index contributed by atoms with van der Waals surface area (Å²) in [5, 5.41) is 0. The van der Waals surface area contributed by atoms with Gasteiger partial charge in [0.2, 0.25) is 0 Å². The molecular weight excluding hydrogens is 201 g/mol. The molecule has 3 heteroatoms. The molecule has 0 aliphatic heterocycles. The molecular formula is C12H13F3. The molecule has 0 N–H and O–H groups in total. The molecule has 0 heterocycles. The number of alkyl halides is 3. The maximum Gasteiger partial charge on any atom is 0.412 e. The smallest absolute Gasteiger partial charge is 0.167 e. The van der Waals surface area contributed by atoms with Gasteiger partial charge < -0.3 is 0 Å². The fourth-order valence-electron chi connectivity index (χ4n) is 1.22. The van der Waals surface area contributed by atoms with Crippen LogP contribution in [0.4, 0.5) is 13.2 Å². The van der Waals surface area contributed by atoms with E-state index in [0.29, 0.717) is 12.8 Å². The average Bonchev–Trinajstić information content (AvgIpc) is 2.18. The molecule has 0 amide bonds. The molecule has 0 aromatic heterocycles. The van der Waals surface area contributed by atoms with Gasteiger partial charge in [-0.2, -0.15) is 13.2 Å². The summed E-state index contributed by atoms with van der Waals surface area (Å²) in [5.41, 5.74) is 0.544. The third-order valence-corrected chi connectivity index (χ3v) is 2.17. The van der Waals surface area contributed by atoms with E-state index in [1.54, 1.807) is 0 Å². The van der Waals surface area contributed by atoms with Crippen LogP contribution in [0.5, 0.6) is 0 Å². The first kappa shape index (κ1) is 11.8. The Bertz CT molecular complexity index is 322. The van der Waals surface area contributed by atoms with Gasteiger partial charge >= 0.3 is 6.18 Å². The molecule has 0 aliphatic rings. The van der Waals surface area contributed by atoms with E-state index in [0.717, 1.165) is 12.5 Å². The average molecular weight is 214 g/mol. The molecule has 0 radical (unpaired) electrons.